The van der Waals surface area contributed by atoms with Crippen molar-refractivity contribution in [2.24, 2.45) is 5.92 Å². The first-order chi connectivity index (χ1) is 13.2. The lowest BCUT2D eigenvalue weighted by Gasteiger charge is -2.11. The number of fused-ring (bicyclic) bond motifs is 1. The van der Waals surface area contributed by atoms with Crippen molar-refractivity contribution in [3.8, 4) is 0 Å². The van der Waals surface area contributed by atoms with Crippen LogP contribution in [0.2, 0.25) is 0 Å². The first-order valence-electron chi connectivity index (χ1n) is 9.77. The van der Waals surface area contributed by atoms with Gasteiger partial charge in [-0.05, 0) is 49.1 Å². The Kier molecular flexibility index (Phi) is 5.30. The zero-order chi connectivity index (χ0) is 18.8. The van der Waals surface area contributed by atoms with Gasteiger partial charge in [0, 0.05) is 10.8 Å². The molecule has 0 saturated heterocycles. The molecule has 2 aromatic rings. The van der Waals surface area contributed by atoms with Gasteiger partial charge in [0.2, 0.25) is 5.91 Å². The zero-order valence-corrected chi connectivity index (χ0v) is 16.4. The highest BCUT2D eigenvalue weighted by atomic mass is 32.1. The van der Waals surface area contributed by atoms with Crippen LogP contribution in [0.25, 0.3) is 0 Å². The maximum Gasteiger partial charge on any atom is 0.341 e. The van der Waals surface area contributed by atoms with E-state index >= 15 is 0 Å². The van der Waals surface area contributed by atoms with Crippen molar-refractivity contribution in [3.05, 3.63) is 51.9 Å². The molecule has 2 aliphatic carbocycles. The molecule has 1 aromatic heterocycles. The summed E-state index contributed by atoms with van der Waals surface area (Å²) in [5.74, 6) is -0.0432. The molecule has 1 saturated carbocycles. The lowest BCUT2D eigenvalue weighted by Crippen LogP contribution is -2.16. The maximum atomic E-state index is 12.8. The number of aryl methyl sites for hydroxylation is 1. The normalized spacial score (nSPS) is 21.5. The van der Waals surface area contributed by atoms with Gasteiger partial charge in [-0.15, -0.1) is 11.3 Å². The van der Waals surface area contributed by atoms with Gasteiger partial charge in [0.05, 0.1) is 12.7 Å². The Bertz CT molecular complexity index is 843. The van der Waals surface area contributed by atoms with Gasteiger partial charge in [0.25, 0.3) is 0 Å². The molecule has 1 aromatic carbocycles. The van der Waals surface area contributed by atoms with Crippen molar-refractivity contribution in [2.75, 3.05) is 12.4 Å². The Morgan fingerprint density at radius 2 is 1.81 bits per heavy atom. The Morgan fingerprint density at radius 1 is 1.07 bits per heavy atom. The molecule has 0 spiro atoms. The van der Waals surface area contributed by atoms with E-state index in [1.807, 2.05) is 18.2 Å². The lowest BCUT2D eigenvalue weighted by molar-refractivity contribution is -0.117. The first-order valence-corrected chi connectivity index (χ1v) is 10.6. The third-order valence-corrected chi connectivity index (χ3v) is 6.86. The fourth-order valence-electron chi connectivity index (χ4n) is 4.08. The van der Waals surface area contributed by atoms with Crippen LogP contribution in [0.15, 0.2) is 30.3 Å². The minimum atomic E-state index is -0.334. The third-order valence-electron chi connectivity index (χ3n) is 5.65. The summed E-state index contributed by atoms with van der Waals surface area (Å²) in [7, 11) is 1.41. The minimum absolute atomic E-state index is 0.0115. The molecule has 1 amide bonds. The minimum Gasteiger partial charge on any atom is -0.465 e. The zero-order valence-electron chi connectivity index (χ0n) is 15.6. The second kappa shape index (κ2) is 7.85. The molecule has 2 aliphatic rings. The number of hydrogen-bond donors (Lipinski definition) is 1. The molecule has 0 unspecified atom stereocenters. The van der Waals surface area contributed by atoms with Crippen molar-refractivity contribution in [3.63, 3.8) is 0 Å². The van der Waals surface area contributed by atoms with Crippen molar-refractivity contribution < 1.29 is 14.3 Å². The third kappa shape index (κ3) is 3.79. The fourth-order valence-corrected chi connectivity index (χ4v) is 5.36. The number of thiophene rings is 1. The number of rotatable bonds is 4. The van der Waals surface area contributed by atoms with E-state index in [-0.39, 0.29) is 23.7 Å². The van der Waals surface area contributed by atoms with E-state index in [2.05, 4.69) is 17.4 Å². The van der Waals surface area contributed by atoms with Crippen molar-refractivity contribution >= 4 is 28.2 Å². The molecule has 4 nitrogen and oxygen atoms in total. The number of nitrogens with one attached hydrogen (secondary N) is 1. The number of amides is 1. The Balaban J connectivity index is 1.55. The van der Waals surface area contributed by atoms with E-state index in [1.165, 1.54) is 30.4 Å². The number of benzene rings is 1. The summed E-state index contributed by atoms with van der Waals surface area (Å²) in [5, 5.41) is 3.74. The number of carbonyl (C=O) groups is 2. The van der Waals surface area contributed by atoms with Crippen molar-refractivity contribution in [1.29, 1.82) is 0 Å². The summed E-state index contributed by atoms with van der Waals surface area (Å²) >= 11 is 1.57. The largest absolute Gasteiger partial charge is 0.465 e. The van der Waals surface area contributed by atoms with Crippen LogP contribution >= 0.6 is 11.3 Å². The van der Waals surface area contributed by atoms with Crippen LogP contribution in [0.5, 0.6) is 0 Å². The van der Waals surface area contributed by atoms with Crippen LogP contribution in [0.4, 0.5) is 5.00 Å². The van der Waals surface area contributed by atoms with Crippen LogP contribution in [-0.4, -0.2) is 19.0 Å². The van der Waals surface area contributed by atoms with Gasteiger partial charge >= 0.3 is 5.97 Å². The first kappa shape index (κ1) is 18.2. The van der Waals surface area contributed by atoms with Gasteiger partial charge < -0.3 is 10.1 Å². The highest BCUT2D eigenvalue weighted by Crippen LogP contribution is 2.48. The monoisotopic (exact) mass is 383 g/mol. The lowest BCUT2D eigenvalue weighted by atomic mass is 9.96. The standard InChI is InChI=1S/C22H25NO3S/c1-26-22(25)19-15-11-7-2-3-8-12-18(15)27-21(19)23-20(24)17-13-16(17)14-9-5-4-6-10-14/h4-6,9-10,16-17H,2-3,7-8,11-13H2,1H3,(H,23,24)/t16-,17-/m0/s1. The van der Waals surface area contributed by atoms with E-state index in [0.29, 0.717) is 10.6 Å². The van der Waals surface area contributed by atoms with Crippen LogP contribution in [0, 0.1) is 5.92 Å². The summed E-state index contributed by atoms with van der Waals surface area (Å²) in [6.45, 7) is 0. The molecule has 2 atom stereocenters. The number of esters is 1. The van der Waals surface area contributed by atoms with E-state index < -0.39 is 0 Å². The molecule has 1 N–H and O–H groups in total. The van der Waals surface area contributed by atoms with Gasteiger partial charge in [-0.1, -0.05) is 43.2 Å². The summed E-state index contributed by atoms with van der Waals surface area (Å²) in [6, 6.07) is 10.2. The van der Waals surface area contributed by atoms with E-state index in [9.17, 15) is 9.59 Å². The SMILES string of the molecule is COC(=O)c1c(NC(=O)[C@H]2C[C@H]2c2ccccc2)sc2c1CCCCCC2. The molecule has 27 heavy (non-hydrogen) atoms. The predicted molar refractivity (Wildman–Crippen MR) is 107 cm³/mol. The van der Waals surface area contributed by atoms with Gasteiger partial charge in [-0.3, -0.25) is 4.79 Å². The Labute approximate surface area is 163 Å². The highest BCUT2D eigenvalue weighted by molar-refractivity contribution is 7.17. The summed E-state index contributed by atoms with van der Waals surface area (Å²) in [4.78, 5) is 26.5. The number of ether oxygens (including phenoxy) is 1. The predicted octanol–water partition coefficient (Wildman–Crippen LogP) is 4.94. The van der Waals surface area contributed by atoms with Crippen LogP contribution in [0.3, 0.4) is 0 Å². The fraction of sp³-hybridized carbons (Fsp3) is 0.455. The quantitative estimate of drug-likeness (QED) is 0.761. The average Bonchev–Trinajstić information content (AvgIpc) is 3.41. The molecule has 4 rings (SSSR count). The molecule has 1 heterocycles. The molecular formula is C22H25NO3S. The topological polar surface area (TPSA) is 55.4 Å². The van der Waals surface area contributed by atoms with Crippen molar-refractivity contribution in [2.45, 2.75) is 50.9 Å². The number of carbonyl (C=O) groups excluding carboxylic acids is 2. The summed E-state index contributed by atoms with van der Waals surface area (Å²) < 4.78 is 5.04. The van der Waals surface area contributed by atoms with Gasteiger partial charge in [-0.2, -0.15) is 0 Å². The number of methoxy groups -OCH3 is 1. The average molecular weight is 384 g/mol. The van der Waals surface area contributed by atoms with E-state index in [0.717, 1.165) is 37.7 Å². The summed E-state index contributed by atoms with van der Waals surface area (Å²) in [5.41, 5.74) is 2.89. The maximum absolute atomic E-state index is 12.8. The van der Waals surface area contributed by atoms with E-state index in [1.54, 1.807) is 11.3 Å². The molecule has 0 radical (unpaired) electrons. The highest BCUT2D eigenvalue weighted by Gasteiger charge is 2.44. The number of anilines is 1. The Morgan fingerprint density at radius 3 is 2.56 bits per heavy atom. The van der Waals surface area contributed by atoms with Gasteiger partial charge in [0.15, 0.2) is 0 Å². The smallest absolute Gasteiger partial charge is 0.341 e. The van der Waals surface area contributed by atoms with Crippen LogP contribution in [-0.2, 0) is 22.4 Å². The van der Waals surface area contributed by atoms with Crippen molar-refractivity contribution in [1.82, 2.24) is 0 Å². The number of hydrogen-bond acceptors (Lipinski definition) is 4. The molecule has 5 heteroatoms. The molecule has 1 fully saturated rings. The molecular weight excluding hydrogens is 358 g/mol. The molecule has 0 bridgehead atoms. The van der Waals surface area contributed by atoms with Crippen LogP contribution < -0.4 is 5.32 Å². The van der Waals surface area contributed by atoms with Gasteiger partial charge in [-0.25, -0.2) is 4.79 Å². The Hall–Kier alpha value is -2.14. The second-order valence-corrected chi connectivity index (χ2v) is 8.57. The van der Waals surface area contributed by atoms with Crippen LogP contribution in [0.1, 0.15) is 64.4 Å². The van der Waals surface area contributed by atoms with E-state index in [4.69, 9.17) is 4.74 Å². The molecule has 0 aliphatic heterocycles. The second-order valence-electron chi connectivity index (χ2n) is 7.46. The molecule has 142 valence electrons. The summed E-state index contributed by atoms with van der Waals surface area (Å²) in [6.07, 6.45) is 7.39. The van der Waals surface area contributed by atoms with Gasteiger partial charge in [0.1, 0.15) is 5.00 Å².